The summed E-state index contributed by atoms with van der Waals surface area (Å²) >= 11 is 0. The minimum absolute atomic E-state index is 0.567. The number of rotatable bonds is 13. The van der Waals surface area contributed by atoms with Crippen molar-refractivity contribution in [1.82, 2.24) is 24.1 Å². The number of nitrogens with zero attached hydrogens (tertiary/aromatic N) is 7. The van der Waals surface area contributed by atoms with Gasteiger partial charge in [0, 0.05) is 83.7 Å². The van der Waals surface area contributed by atoms with E-state index in [1.807, 2.05) is 0 Å². The first-order chi connectivity index (χ1) is 43.6. The fourth-order valence-electron chi connectivity index (χ4n) is 12.7. The lowest BCUT2D eigenvalue weighted by atomic mass is 9.94. The molecule has 7 heteroatoms. The molecule has 0 unspecified atom stereocenters. The highest BCUT2D eigenvalue weighted by Crippen LogP contribution is 2.43. The van der Waals surface area contributed by atoms with Gasteiger partial charge in [-0.3, -0.25) is 0 Å². The van der Waals surface area contributed by atoms with Crippen molar-refractivity contribution in [2.45, 2.75) is 0 Å². The first-order valence-corrected chi connectivity index (χ1v) is 29.8. The SMILES string of the molecule is c1ccc(-c2ccccc2-c2cccc(-c3nc(-c4cccc(-n5c6ccccc6c6cc(N(c7ccccc7)c7ccccc7)ccc65)c4)nc(-c4cccc(-n5c6ccccc6c6cc(N(c7ccccc7)c7ccccc7)ccc65)c4)n3)c2)cc1. The average Bonchev–Trinajstić information content (AvgIpc) is 1.78. The van der Waals surface area contributed by atoms with Crippen LogP contribution in [-0.2, 0) is 0 Å². The van der Waals surface area contributed by atoms with Gasteiger partial charge in [0.05, 0.1) is 22.1 Å². The Morgan fingerprint density at radius 2 is 0.523 bits per heavy atom. The van der Waals surface area contributed by atoms with E-state index in [1.54, 1.807) is 0 Å². The lowest BCUT2D eigenvalue weighted by Gasteiger charge is -2.25. The van der Waals surface area contributed by atoms with Crippen LogP contribution in [0.5, 0.6) is 0 Å². The molecule has 0 bridgehead atoms. The van der Waals surface area contributed by atoms with E-state index in [0.29, 0.717) is 17.5 Å². The van der Waals surface area contributed by atoms with Crippen molar-refractivity contribution >= 4 is 77.7 Å². The summed E-state index contributed by atoms with van der Waals surface area (Å²) in [5, 5.41) is 4.63. The largest absolute Gasteiger partial charge is 0.310 e. The molecular weight excluding hydrogens is 1070 g/mol. The number of hydrogen-bond acceptors (Lipinski definition) is 5. The van der Waals surface area contributed by atoms with Crippen molar-refractivity contribution < 1.29 is 0 Å². The number of aromatic nitrogens is 5. The molecule has 0 saturated carbocycles. The van der Waals surface area contributed by atoms with E-state index in [-0.39, 0.29) is 0 Å². The van der Waals surface area contributed by atoms with Crippen molar-refractivity contribution in [1.29, 1.82) is 0 Å². The smallest absolute Gasteiger partial charge is 0.164 e. The number of fused-ring (bicyclic) bond motifs is 6. The van der Waals surface area contributed by atoms with Crippen LogP contribution in [0, 0.1) is 0 Å². The van der Waals surface area contributed by atoms with E-state index in [2.05, 4.69) is 353 Å². The van der Waals surface area contributed by atoms with Crippen molar-refractivity contribution in [3.63, 3.8) is 0 Å². The van der Waals surface area contributed by atoms with Gasteiger partial charge in [0.2, 0.25) is 0 Å². The Kier molecular flexibility index (Phi) is 13.1. The van der Waals surface area contributed by atoms with Crippen LogP contribution in [0.2, 0.25) is 0 Å². The predicted octanol–water partition coefficient (Wildman–Crippen LogP) is 21.3. The molecule has 0 aliphatic heterocycles. The molecule has 0 spiro atoms. The van der Waals surface area contributed by atoms with Gasteiger partial charge >= 0.3 is 0 Å². The van der Waals surface area contributed by atoms with Gasteiger partial charge in [-0.05, 0) is 150 Å². The van der Waals surface area contributed by atoms with Gasteiger partial charge in [0.15, 0.2) is 17.5 Å². The molecule has 3 heterocycles. The van der Waals surface area contributed by atoms with Crippen molar-refractivity contribution in [3.8, 4) is 67.8 Å². The molecule has 414 valence electrons. The van der Waals surface area contributed by atoms with Crippen LogP contribution >= 0.6 is 0 Å². The summed E-state index contributed by atoms with van der Waals surface area (Å²) < 4.78 is 4.73. The third kappa shape index (κ3) is 9.40. The molecule has 16 aromatic rings. The summed E-state index contributed by atoms with van der Waals surface area (Å²) in [5.41, 5.74) is 20.0. The second kappa shape index (κ2) is 22.2. The van der Waals surface area contributed by atoms with Gasteiger partial charge in [0.1, 0.15) is 0 Å². The zero-order valence-electron chi connectivity index (χ0n) is 47.9. The molecule has 3 aromatic heterocycles. The topological polar surface area (TPSA) is 55.0 Å². The second-order valence-electron chi connectivity index (χ2n) is 22.0. The standard InChI is InChI=1S/C81H55N7/c1-6-25-56(26-7-1)69-41-16-17-42-70(69)57-27-22-28-58(51-57)79-82-80(59-29-23-39-65(52-59)87-75-45-20-18-43-71(75)73-54-67(47-49-77(73)87)85(61-31-8-2-9-32-61)62-33-10-3-11-34-62)84-81(83-79)60-30-24-40-66(53-60)88-76-46-21-19-44-72(76)74-55-68(48-50-78(74)88)86(63-35-12-4-13-36-63)64-37-14-5-15-38-64/h1-55H. The van der Waals surface area contributed by atoms with Gasteiger partial charge in [-0.1, -0.05) is 206 Å². The zero-order valence-corrected chi connectivity index (χ0v) is 47.9. The van der Waals surface area contributed by atoms with Crippen LogP contribution in [0.3, 0.4) is 0 Å². The molecule has 0 amide bonds. The molecule has 16 rings (SSSR count). The summed E-state index contributed by atoms with van der Waals surface area (Å²) in [6, 6.07) is 118. The third-order valence-electron chi connectivity index (χ3n) is 16.7. The molecule has 13 aromatic carbocycles. The second-order valence-corrected chi connectivity index (χ2v) is 22.0. The summed E-state index contributed by atoms with van der Waals surface area (Å²) in [7, 11) is 0. The zero-order chi connectivity index (χ0) is 58.3. The lowest BCUT2D eigenvalue weighted by molar-refractivity contribution is 1.07. The molecule has 0 N–H and O–H groups in total. The summed E-state index contributed by atoms with van der Waals surface area (Å²) in [5.74, 6) is 1.71. The van der Waals surface area contributed by atoms with Crippen molar-refractivity contribution in [3.05, 3.63) is 334 Å². The normalized spacial score (nSPS) is 11.4. The van der Waals surface area contributed by atoms with Crippen molar-refractivity contribution in [2.24, 2.45) is 0 Å². The third-order valence-corrected chi connectivity index (χ3v) is 16.7. The number of benzene rings is 13. The van der Waals surface area contributed by atoms with Gasteiger partial charge in [0.25, 0.3) is 0 Å². The summed E-state index contributed by atoms with van der Waals surface area (Å²) in [6.45, 7) is 0. The highest BCUT2D eigenvalue weighted by Gasteiger charge is 2.22. The van der Waals surface area contributed by atoms with E-state index >= 15 is 0 Å². The monoisotopic (exact) mass is 1130 g/mol. The Morgan fingerprint density at radius 1 is 0.205 bits per heavy atom. The van der Waals surface area contributed by atoms with Gasteiger partial charge in [-0.25, -0.2) is 15.0 Å². The number of para-hydroxylation sites is 6. The van der Waals surface area contributed by atoms with Crippen LogP contribution in [0.4, 0.5) is 34.1 Å². The fraction of sp³-hybridized carbons (Fsp3) is 0. The van der Waals surface area contributed by atoms with Crippen LogP contribution in [-0.4, -0.2) is 24.1 Å². The maximum atomic E-state index is 5.45. The van der Waals surface area contributed by atoms with E-state index in [4.69, 9.17) is 15.0 Å². The van der Waals surface area contributed by atoms with Gasteiger partial charge in [-0.15, -0.1) is 0 Å². The fourth-order valence-corrected chi connectivity index (χ4v) is 12.7. The summed E-state index contributed by atoms with van der Waals surface area (Å²) in [6.07, 6.45) is 0. The summed E-state index contributed by atoms with van der Waals surface area (Å²) in [4.78, 5) is 20.9. The molecule has 7 nitrogen and oxygen atoms in total. The van der Waals surface area contributed by atoms with Crippen molar-refractivity contribution in [2.75, 3.05) is 9.80 Å². The Labute approximate surface area is 510 Å². The number of hydrogen-bond donors (Lipinski definition) is 0. The molecule has 0 radical (unpaired) electrons. The molecule has 0 aliphatic carbocycles. The van der Waals surface area contributed by atoms with E-state index in [1.165, 1.54) is 0 Å². The van der Waals surface area contributed by atoms with E-state index < -0.39 is 0 Å². The van der Waals surface area contributed by atoms with Crippen LogP contribution in [0.1, 0.15) is 0 Å². The molecule has 0 atom stereocenters. The highest BCUT2D eigenvalue weighted by molar-refractivity contribution is 6.12. The quantitative estimate of drug-likeness (QED) is 0.115. The number of anilines is 6. The first kappa shape index (κ1) is 51.7. The Morgan fingerprint density at radius 3 is 0.955 bits per heavy atom. The highest BCUT2D eigenvalue weighted by atomic mass is 15.1. The molecule has 0 saturated heterocycles. The van der Waals surface area contributed by atoms with Crippen LogP contribution < -0.4 is 9.80 Å². The van der Waals surface area contributed by atoms with Gasteiger partial charge < -0.3 is 18.9 Å². The Bertz CT molecular complexity index is 4870. The van der Waals surface area contributed by atoms with Crippen LogP contribution in [0.15, 0.2) is 334 Å². The Hall–Kier alpha value is -11.9. The Balaban J connectivity index is 0.843. The van der Waals surface area contributed by atoms with Gasteiger partial charge in [-0.2, -0.15) is 0 Å². The van der Waals surface area contributed by atoms with E-state index in [0.717, 1.165) is 128 Å². The maximum absolute atomic E-state index is 5.45. The molecular formula is C81H55N7. The minimum atomic E-state index is 0.567. The predicted molar refractivity (Wildman–Crippen MR) is 365 cm³/mol. The first-order valence-electron chi connectivity index (χ1n) is 29.8. The lowest BCUT2D eigenvalue weighted by Crippen LogP contribution is -2.09. The minimum Gasteiger partial charge on any atom is -0.310 e. The molecule has 88 heavy (non-hydrogen) atoms. The average molecular weight is 1130 g/mol. The van der Waals surface area contributed by atoms with Crippen LogP contribution in [0.25, 0.3) is 111 Å². The molecule has 0 aliphatic rings. The maximum Gasteiger partial charge on any atom is 0.164 e. The molecule has 0 fully saturated rings. The van der Waals surface area contributed by atoms with E-state index in [9.17, 15) is 0 Å².